The molecule has 0 amide bonds. The molecule has 0 unspecified atom stereocenters. The first-order chi connectivity index (χ1) is 12.3. The number of benzene rings is 1. The standard InChI is InChI=1S/C19H22FN5.HI/c1-2-21-19(25-13-18-16(20)7-5-10-22-18)23-11-9-14-12-24-17-8-4-3-6-15(14)17;/h3-8,10,12,24H,2,9,11,13H2,1H3,(H2,21,23,25);1H. The summed E-state index contributed by atoms with van der Waals surface area (Å²) >= 11 is 0. The van der Waals surface area contributed by atoms with Gasteiger partial charge >= 0.3 is 0 Å². The number of guanidine groups is 1. The van der Waals surface area contributed by atoms with E-state index < -0.39 is 0 Å². The van der Waals surface area contributed by atoms with E-state index in [0.717, 1.165) is 25.0 Å². The summed E-state index contributed by atoms with van der Waals surface area (Å²) in [6, 6.07) is 11.2. The van der Waals surface area contributed by atoms with E-state index in [9.17, 15) is 4.39 Å². The molecular formula is C19H23FIN5. The maximum Gasteiger partial charge on any atom is 0.191 e. The van der Waals surface area contributed by atoms with E-state index >= 15 is 0 Å². The van der Waals surface area contributed by atoms with Gasteiger partial charge in [0.15, 0.2) is 5.96 Å². The Kier molecular flexibility index (Phi) is 7.83. The number of aromatic amines is 1. The number of nitrogens with zero attached hydrogens (tertiary/aromatic N) is 2. The van der Waals surface area contributed by atoms with E-state index in [0.29, 0.717) is 11.7 Å². The second-order valence-corrected chi connectivity index (χ2v) is 5.66. The summed E-state index contributed by atoms with van der Waals surface area (Å²) in [5.41, 5.74) is 2.75. The second-order valence-electron chi connectivity index (χ2n) is 5.66. The number of fused-ring (bicyclic) bond motifs is 1. The third kappa shape index (κ3) is 5.17. The van der Waals surface area contributed by atoms with Crippen molar-refractivity contribution in [2.75, 3.05) is 13.1 Å². The van der Waals surface area contributed by atoms with Crippen LogP contribution in [-0.4, -0.2) is 29.0 Å². The van der Waals surface area contributed by atoms with Crippen molar-refractivity contribution in [3.8, 4) is 0 Å². The minimum absolute atomic E-state index is 0. The van der Waals surface area contributed by atoms with Crippen LogP contribution >= 0.6 is 24.0 Å². The van der Waals surface area contributed by atoms with Gasteiger partial charge in [0.05, 0.1) is 12.2 Å². The highest BCUT2D eigenvalue weighted by Crippen LogP contribution is 2.17. The van der Waals surface area contributed by atoms with E-state index in [1.165, 1.54) is 17.0 Å². The van der Waals surface area contributed by atoms with Crippen LogP contribution in [0.3, 0.4) is 0 Å². The van der Waals surface area contributed by atoms with E-state index in [4.69, 9.17) is 0 Å². The minimum Gasteiger partial charge on any atom is -0.361 e. The maximum atomic E-state index is 13.6. The van der Waals surface area contributed by atoms with Crippen molar-refractivity contribution >= 4 is 40.8 Å². The Bertz CT molecular complexity index is 862. The van der Waals surface area contributed by atoms with Gasteiger partial charge in [-0.15, -0.1) is 24.0 Å². The number of H-pyrrole nitrogens is 1. The molecule has 5 nitrogen and oxygen atoms in total. The van der Waals surface area contributed by atoms with Crippen molar-refractivity contribution in [2.24, 2.45) is 4.99 Å². The van der Waals surface area contributed by atoms with Crippen molar-refractivity contribution < 1.29 is 4.39 Å². The summed E-state index contributed by atoms with van der Waals surface area (Å²) < 4.78 is 13.6. The fourth-order valence-electron chi connectivity index (χ4n) is 2.68. The SMILES string of the molecule is CCNC(=NCc1ncccc1F)NCCc1c[nH]c2ccccc12.I. The molecule has 0 spiro atoms. The number of para-hydroxylation sites is 1. The molecule has 0 saturated carbocycles. The van der Waals surface area contributed by atoms with Gasteiger partial charge < -0.3 is 15.6 Å². The number of hydrogen-bond donors (Lipinski definition) is 3. The largest absolute Gasteiger partial charge is 0.361 e. The maximum absolute atomic E-state index is 13.6. The highest BCUT2D eigenvalue weighted by atomic mass is 127. The van der Waals surface area contributed by atoms with Gasteiger partial charge in [-0.2, -0.15) is 0 Å². The average molecular weight is 467 g/mol. The molecule has 0 bridgehead atoms. The minimum atomic E-state index is -0.333. The zero-order chi connectivity index (χ0) is 17.5. The monoisotopic (exact) mass is 467 g/mol. The number of hydrogen-bond acceptors (Lipinski definition) is 2. The Morgan fingerprint density at radius 1 is 1.19 bits per heavy atom. The molecule has 2 heterocycles. The highest BCUT2D eigenvalue weighted by molar-refractivity contribution is 14.0. The van der Waals surface area contributed by atoms with Gasteiger partial charge in [0.2, 0.25) is 0 Å². The van der Waals surface area contributed by atoms with Gasteiger partial charge in [0.25, 0.3) is 0 Å². The predicted octanol–water partition coefficient (Wildman–Crippen LogP) is 3.62. The average Bonchev–Trinajstić information content (AvgIpc) is 3.04. The highest BCUT2D eigenvalue weighted by Gasteiger charge is 2.05. The van der Waals surface area contributed by atoms with E-state index in [2.05, 4.69) is 37.7 Å². The van der Waals surface area contributed by atoms with Gasteiger partial charge in [0, 0.05) is 36.4 Å². The fourth-order valence-corrected chi connectivity index (χ4v) is 2.68. The van der Waals surface area contributed by atoms with Crippen LogP contribution in [-0.2, 0) is 13.0 Å². The summed E-state index contributed by atoms with van der Waals surface area (Å²) in [5, 5.41) is 7.70. The zero-order valence-corrected chi connectivity index (χ0v) is 17.0. The summed E-state index contributed by atoms with van der Waals surface area (Å²) in [7, 11) is 0. The number of aliphatic imine (C=N–C) groups is 1. The Labute approximate surface area is 169 Å². The van der Waals surface area contributed by atoms with Crippen LogP contribution in [0.1, 0.15) is 18.2 Å². The third-order valence-electron chi connectivity index (χ3n) is 3.93. The first kappa shape index (κ1) is 20.2. The van der Waals surface area contributed by atoms with Gasteiger partial charge in [-0.05, 0) is 37.1 Å². The Balaban J connectivity index is 0.00000243. The summed E-state index contributed by atoms with van der Waals surface area (Å²) in [4.78, 5) is 11.7. The van der Waals surface area contributed by atoms with E-state index in [-0.39, 0.29) is 36.3 Å². The smallest absolute Gasteiger partial charge is 0.191 e. The molecule has 1 aromatic carbocycles. The number of halogens is 2. The Hall–Kier alpha value is -2.16. The van der Waals surface area contributed by atoms with Crippen LogP contribution < -0.4 is 10.6 Å². The molecule has 138 valence electrons. The fraction of sp³-hybridized carbons (Fsp3) is 0.263. The van der Waals surface area contributed by atoms with E-state index in [1.54, 1.807) is 12.3 Å². The molecule has 2 aromatic heterocycles. The van der Waals surface area contributed by atoms with Crippen LogP contribution in [0, 0.1) is 5.82 Å². The van der Waals surface area contributed by atoms with Crippen LogP contribution in [0.15, 0.2) is 53.8 Å². The third-order valence-corrected chi connectivity index (χ3v) is 3.93. The van der Waals surface area contributed by atoms with Crippen molar-refractivity contribution in [3.63, 3.8) is 0 Å². The first-order valence-electron chi connectivity index (χ1n) is 8.44. The summed E-state index contributed by atoms with van der Waals surface area (Å²) in [6.45, 7) is 3.68. The molecule has 0 radical (unpaired) electrons. The van der Waals surface area contributed by atoms with Crippen LogP contribution in [0.2, 0.25) is 0 Å². The van der Waals surface area contributed by atoms with E-state index in [1.807, 2.05) is 25.3 Å². The lowest BCUT2D eigenvalue weighted by molar-refractivity contribution is 0.599. The van der Waals surface area contributed by atoms with Crippen LogP contribution in [0.4, 0.5) is 4.39 Å². The summed E-state index contributed by atoms with van der Waals surface area (Å²) in [5.74, 6) is 0.327. The topological polar surface area (TPSA) is 65.1 Å². The van der Waals surface area contributed by atoms with Gasteiger partial charge in [-0.1, -0.05) is 18.2 Å². The quantitative estimate of drug-likeness (QED) is 0.295. The van der Waals surface area contributed by atoms with Crippen molar-refractivity contribution in [3.05, 3.63) is 65.9 Å². The lowest BCUT2D eigenvalue weighted by Crippen LogP contribution is -2.38. The number of nitrogens with one attached hydrogen (secondary N) is 3. The molecule has 0 aliphatic carbocycles. The molecule has 0 aliphatic heterocycles. The first-order valence-corrected chi connectivity index (χ1v) is 8.44. The molecule has 3 rings (SSSR count). The van der Waals surface area contributed by atoms with Crippen molar-refractivity contribution in [1.29, 1.82) is 0 Å². The van der Waals surface area contributed by atoms with Gasteiger partial charge in [-0.3, -0.25) is 4.98 Å². The summed E-state index contributed by atoms with van der Waals surface area (Å²) in [6.07, 6.45) is 4.48. The zero-order valence-electron chi connectivity index (χ0n) is 14.6. The van der Waals surface area contributed by atoms with Crippen molar-refractivity contribution in [2.45, 2.75) is 19.9 Å². The molecule has 0 atom stereocenters. The normalized spacial score (nSPS) is 11.2. The molecule has 26 heavy (non-hydrogen) atoms. The van der Waals surface area contributed by atoms with Gasteiger partial charge in [-0.25, -0.2) is 9.38 Å². The lowest BCUT2D eigenvalue weighted by Gasteiger charge is -2.11. The van der Waals surface area contributed by atoms with Gasteiger partial charge in [0.1, 0.15) is 5.82 Å². The Morgan fingerprint density at radius 3 is 2.85 bits per heavy atom. The number of rotatable bonds is 6. The molecule has 3 N–H and O–H groups in total. The molecule has 7 heteroatoms. The number of pyridine rings is 1. The number of aromatic nitrogens is 2. The lowest BCUT2D eigenvalue weighted by atomic mass is 10.1. The van der Waals surface area contributed by atoms with Crippen LogP contribution in [0.25, 0.3) is 10.9 Å². The van der Waals surface area contributed by atoms with Crippen molar-refractivity contribution in [1.82, 2.24) is 20.6 Å². The Morgan fingerprint density at radius 2 is 2.04 bits per heavy atom. The molecule has 0 fully saturated rings. The molecule has 3 aromatic rings. The molecule has 0 aliphatic rings. The second kappa shape index (κ2) is 10.1. The molecular weight excluding hydrogens is 444 g/mol. The van der Waals surface area contributed by atoms with Crippen LogP contribution in [0.5, 0.6) is 0 Å². The molecule has 0 saturated heterocycles. The predicted molar refractivity (Wildman–Crippen MR) is 114 cm³/mol.